The molecule has 0 radical (unpaired) electrons. The van der Waals surface area contributed by atoms with Gasteiger partial charge in [-0.25, -0.2) is 0 Å². The van der Waals surface area contributed by atoms with E-state index in [4.69, 9.17) is 9.47 Å². The van der Waals surface area contributed by atoms with Gasteiger partial charge in [-0.15, -0.1) is 10.2 Å². The van der Waals surface area contributed by atoms with E-state index in [1.807, 2.05) is 12.1 Å². The molecule has 0 saturated carbocycles. The van der Waals surface area contributed by atoms with Crippen LogP contribution in [0.4, 0.5) is 5.69 Å². The second kappa shape index (κ2) is 7.90. The van der Waals surface area contributed by atoms with Crippen molar-refractivity contribution in [3.63, 3.8) is 0 Å². The number of nitrogens with zero attached hydrogens (tertiary/aromatic N) is 2. The van der Waals surface area contributed by atoms with Crippen LogP contribution < -0.4 is 14.8 Å². The number of carbonyl (C=O) groups excluding carboxylic acids is 1. The predicted octanol–water partition coefficient (Wildman–Crippen LogP) is 4.22. The summed E-state index contributed by atoms with van der Waals surface area (Å²) in [7, 11) is 0. The molecule has 0 aliphatic carbocycles. The lowest BCUT2D eigenvalue weighted by Crippen LogP contribution is -2.14. The van der Waals surface area contributed by atoms with Gasteiger partial charge in [-0.2, -0.15) is 0 Å². The van der Waals surface area contributed by atoms with Crippen molar-refractivity contribution in [3.8, 4) is 22.8 Å². The maximum Gasteiger partial charge on any atom is 0.234 e. The minimum Gasteiger partial charge on any atom is -0.454 e. The van der Waals surface area contributed by atoms with Crippen LogP contribution in [-0.2, 0) is 4.79 Å². The van der Waals surface area contributed by atoms with Crippen LogP contribution in [0.25, 0.3) is 11.3 Å². The molecule has 0 unspecified atom stereocenters. The Morgan fingerprint density at radius 3 is 2.68 bits per heavy atom. The number of aromatic nitrogens is 2. The first-order valence-corrected chi connectivity index (χ1v) is 9.81. The van der Waals surface area contributed by atoms with E-state index in [0.29, 0.717) is 22.2 Å². The van der Waals surface area contributed by atoms with E-state index in [1.165, 1.54) is 17.3 Å². The number of amides is 1. The third-order valence-corrected chi connectivity index (χ3v) is 5.23. The molecule has 142 valence electrons. The standard InChI is InChI=1S/C21H19N3O3S/c1-13-3-5-16(14(2)9-13)17-6-8-21(24-23-17)28-11-20(25)22-15-4-7-18-19(10-15)27-12-26-18/h3-10H,11-12H2,1-2H3,(H,22,25). The number of thioether (sulfide) groups is 1. The van der Waals surface area contributed by atoms with E-state index >= 15 is 0 Å². The SMILES string of the molecule is Cc1ccc(-c2ccc(SCC(=O)Nc3ccc4c(c3)OCO4)nn2)c(C)c1. The van der Waals surface area contributed by atoms with E-state index < -0.39 is 0 Å². The van der Waals surface area contributed by atoms with Crippen LogP contribution in [0.1, 0.15) is 11.1 Å². The molecule has 0 fully saturated rings. The van der Waals surface area contributed by atoms with Gasteiger partial charge in [-0.3, -0.25) is 4.79 Å². The molecule has 3 aromatic rings. The number of hydrogen-bond donors (Lipinski definition) is 1. The van der Waals surface area contributed by atoms with Gasteiger partial charge in [0.2, 0.25) is 12.7 Å². The van der Waals surface area contributed by atoms with Crippen molar-refractivity contribution in [1.82, 2.24) is 10.2 Å². The van der Waals surface area contributed by atoms with Crippen LogP contribution in [0, 0.1) is 13.8 Å². The number of aryl methyl sites for hydroxylation is 2. The van der Waals surface area contributed by atoms with Gasteiger partial charge in [-0.1, -0.05) is 35.5 Å². The summed E-state index contributed by atoms with van der Waals surface area (Å²) in [6.45, 7) is 4.34. The summed E-state index contributed by atoms with van der Waals surface area (Å²) < 4.78 is 10.6. The molecule has 0 saturated heterocycles. The molecule has 7 heteroatoms. The van der Waals surface area contributed by atoms with E-state index in [1.54, 1.807) is 18.2 Å². The highest BCUT2D eigenvalue weighted by Gasteiger charge is 2.14. The van der Waals surface area contributed by atoms with E-state index in [0.717, 1.165) is 16.8 Å². The van der Waals surface area contributed by atoms with Gasteiger partial charge in [-0.05, 0) is 43.7 Å². The molecule has 0 atom stereocenters. The number of rotatable bonds is 5. The number of fused-ring (bicyclic) bond motifs is 1. The van der Waals surface area contributed by atoms with Crippen molar-refractivity contribution in [1.29, 1.82) is 0 Å². The number of carbonyl (C=O) groups is 1. The number of benzene rings is 2. The van der Waals surface area contributed by atoms with Crippen molar-refractivity contribution in [2.24, 2.45) is 0 Å². The minimum atomic E-state index is -0.121. The zero-order chi connectivity index (χ0) is 19.5. The molecular formula is C21H19N3O3S. The Kier molecular flexibility index (Phi) is 5.16. The third-order valence-electron chi connectivity index (χ3n) is 4.31. The molecule has 0 bridgehead atoms. The van der Waals surface area contributed by atoms with E-state index in [-0.39, 0.29) is 18.5 Å². The maximum atomic E-state index is 12.2. The molecule has 1 aliphatic heterocycles. The smallest absolute Gasteiger partial charge is 0.234 e. The van der Waals surface area contributed by atoms with Gasteiger partial charge in [0, 0.05) is 17.3 Å². The van der Waals surface area contributed by atoms with E-state index in [2.05, 4.69) is 47.6 Å². The molecule has 28 heavy (non-hydrogen) atoms. The summed E-state index contributed by atoms with van der Waals surface area (Å²) in [5, 5.41) is 12.1. The maximum absolute atomic E-state index is 12.2. The molecule has 2 aromatic carbocycles. The molecule has 0 spiro atoms. The Labute approximate surface area is 167 Å². The number of ether oxygens (including phenoxy) is 2. The fourth-order valence-electron chi connectivity index (χ4n) is 2.95. The van der Waals surface area contributed by atoms with Crippen LogP contribution in [0.15, 0.2) is 53.6 Å². The zero-order valence-corrected chi connectivity index (χ0v) is 16.4. The van der Waals surface area contributed by atoms with Crippen LogP contribution in [0.5, 0.6) is 11.5 Å². The van der Waals surface area contributed by atoms with Crippen LogP contribution in [-0.4, -0.2) is 28.7 Å². The number of nitrogens with one attached hydrogen (secondary N) is 1. The highest BCUT2D eigenvalue weighted by Crippen LogP contribution is 2.34. The quantitative estimate of drug-likeness (QED) is 0.654. The Balaban J connectivity index is 1.35. The van der Waals surface area contributed by atoms with Crippen LogP contribution >= 0.6 is 11.8 Å². The summed E-state index contributed by atoms with van der Waals surface area (Å²) in [5.74, 6) is 1.44. The number of hydrogen-bond acceptors (Lipinski definition) is 6. The molecule has 2 heterocycles. The van der Waals surface area contributed by atoms with Crippen molar-refractivity contribution < 1.29 is 14.3 Å². The fraction of sp³-hybridized carbons (Fsp3) is 0.190. The molecular weight excluding hydrogens is 374 g/mol. The Morgan fingerprint density at radius 1 is 1.04 bits per heavy atom. The summed E-state index contributed by atoms with van der Waals surface area (Å²) in [6.07, 6.45) is 0. The number of anilines is 1. The Bertz CT molecular complexity index is 1020. The minimum absolute atomic E-state index is 0.121. The fourth-order valence-corrected chi connectivity index (χ4v) is 3.57. The topological polar surface area (TPSA) is 73.3 Å². The predicted molar refractivity (Wildman–Crippen MR) is 109 cm³/mol. The van der Waals surface area contributed by atoms with Gasteiger partial charge < -0.3 is 14.8 Å². The van der Waals surface area contributed by atoms with Crippen molar-refractivity contribution >= 4 is 23.4 Å². The highest BCUT2D eigenvalue weighted by molar-refractivity contribution is 7.99. The lowest BCUT2D eigenvalue weighted by Gasteiger charge is -2.07. The van der Waals surface area contributed by atoms with E-state index in [9.17, 15) is 4.79 Å². The molecule has 1 aliphatic rings. The van der Waals surface area contributed by atoms with Gasteiger partial charge in [0.1, 0.15) is 5.03 Å². The summed E-state index contributed by atoms with van der Waals surface area (Å²) >= 11 is 1.34. The van der Waals surface area contributed by atoms with Gasteiger partial charge in [0.15, 0.2) is 11.5 Å². The van der Waals surface area contributed by atoms with Crippen LogP contribution in [0.2, 0.25) is 0 Å². The zero-order valence-electron chi connectivity index (χ0n) is 15.6. The largest absolute Gasteiger partial charge is 0.454 e. The Hall–Kier alpha value is -3.06. The molecule has 1 N–H and O–H groups in total. The third kappa shape index (κ3) is 4.09. The van der Waals surface area contributed by atoms with Gasteiger partial charge >= 0.3 is 0 Å². The highest BCUT2D eigenvalue weighted by atomic mass is 32.2. The molecule has 6 nitrogen and oxygen atoms in total. The van der Waals surface area contributed by atoms with Gasteiger partial charge in [0.25, 0.3) is 0 Å². The first-order valence-electron chi connectivity index (χ1n) is 8.82. The summed E-state index contributed by atoms with van der Waals surface area (Å²) in [6, 6.07) is 15.4. The summed E-state index contributed by atoms with van der Waals surface area (Å²) in [4.78, 5) is 12.2. The molecule has 1 amide bonds. The van der Waals surface area contributed by atoms with Crippen molar-refractivity contribution in [2.45, 2.75) is 18.9 Å². The Morgan fingerprint density at radius 2 is 1.89 bits per heavy atom. The average Bonchev–Trinajstić information content (AvgIpc) is 3.15. The molecule has 4 rings (SSSR count). The lowest BCUT2D eigenvalue weighted by atomic mass is 10.0. The van der Waals surface area contributed by atoms with Crippen molar-refractivity contribution in [3.05, 3.63) is 59.7 Å². The van der Waals surface area contributed by atoms with Crippen LogP contribution in [0.3, 0.4) is 0 Å². The molecule has 1 aromatic heterocycles. The normalized spacial score (nSPS) is 12.1. The summed E-state index contributed by atoms with van der Waals surface area (Å²) in [5.41, 5.74) is 4.95. The second-order valence-corrected chi connectivity index (χ2v) is 7.48. The first-order chi connectivity index (χ1) is 13.6. The average molecular weight is 393 g/mol. The lowest BCUT2D eigenvalue weighted by molar-refractivity contribution is -0.113. The first kappa shape index (κ1) is 18.3. The monoisotopic (exact) mass is 393 g/mol. The van der Waals surface area contributed by atoms with Crippen molar-refractivity contribution in [2.75, 3.05) is 17.9 Å². The second-order valence-electron chi connectivity index (χ2n) is 6.48. The van der Waals surface area contributed by atoms with Gasteiger partial charge in [0.05, 0.1) is 11.4 Å².